The Kier molecular flexibility index (Phi) is 6.97. The van der Waals surface area contributed by atoms with Gasteiger partial charge in [-0.3, -0.25) is 0 Å². The molecule has 0 aliphatic heterocycles. The summed E-state index contributed by atoms with van der Waals surface area (Å²) in [7, 11) is 0. The minimum absolute atomic E-state index is 1.22. The number of rotatable bonds is 3. The second-order valence-corrected chi connectivity index (χ2v) is 14.3. The molecule has 10 aromatic carbocycles. The van der Waals surface area contributed by atoms with Crippen LogP contribution in [0.4, 0.5) is 0 Å². The Morgan fingerprint density at radius 2 is 0.519 bits per heavy atom. The van der Waals surface area contributed by atoms with E-state index in [0.29, 0.717) is 0 Å². The van der Waals surface area contributed by atoms with E-state index in [1.54, 1.807) is 0 Å². The first-order valence-electron chi connectivity index (χ1n) is 18.8. The van der Waals surface area contributed by atoms with Gasteiger partial charge in [0.2, 0.25) is 0 Å². The number of fused-ring (bicyclic) bond motifs is 11. The van der Waals surface area contributed by atoms with Gasteiger partial charge in [-0.1, -0.05) is 200 Å². The summed E-state index contributed by atoms with van der Waals surface area (Å²) in [5.41, 5.74) is 17.6. The van der Waals surface area contributed by atoms with Crippen LogP contribution in [-0.4, -0.2) is 0 Å². The van der Waals surface area contributed by atoms with E-state index in [-0.39, 0.29) is 0 Å². The lowest BCUT2D eigenvalue weighted by Gasteiger charge is -2.24. The molecule has 0 radical (unpaired) electrons. The maximum atomic E-state index is 2.45. The van der Waals surface area contributed by atoms with Crippen molar-refractivity contribution in [3.8, 4) is 77.9 Å². The van der Waals surface area contributed by atoms with E-state index in [1.807, 2.05) is 0 Å². The Hall–Kier alpha value is -7.02. The van der Waals surface area contributed by atoms with E-state index in [2.05, 4.69) is 206 Å². The molecule has 1 aliphatic carbocycles. The lowest BCUT2D eigenvalue weighted by atomic mass is 9.79. The molecule has 11 rings (SSSR count). The van der Waals surface area contributed by atoms with Gasteiger partial charge in [-0.15, -0.1) is 0 Å². The van der Waals surface area contributed by atoms with Gasteiger partial charge in [0.05, 0.1) is 0 Å². The summed E-state index contributed by atoms with van der Waals surface area (Å²) in [6, 6.07) is 76.2. The largest absolute Gasteiger partial charge is 0.0616 e. The molecular weight excluding hydrogens is 649 g/mol. The molecule has 250 valence electrons. The van der Waals surface area contributed by atoms with E-state index < -0.39 is 0 Å². The van der Waals surface area contributed by atoms with Crippen molar-refractivity contribution < 1.29 is 0 Å². The van der Waals surface area contributed by atoms with Crippen molar-refractivity contribution in [3.63, 3.8) is 0 Å². The molecule has 0 aromatic heterocycles. The van der Waals surface area contributed by atoms with Crippen LogP contribution in [0, 0.1) is 0 Å². The predicted octanol–water partition coefficient (Wildman–Crippen LogP) is 15.1. The van der Waals surface area contributed by atoms with Gasteiger partial charge in [-0.25, -0.2) is 0 Å². The highest BCUT2D eigenvalue weighted by molar-refractivity contribution is 6.22. The van der Waals surface area contributed by atoms with Crippen molar-refractivity contribution >= 4 is 32.3 Å². The van der Waals surface area contributed by atoms with Crippen LogP contribution < -0.4 is 0 Å². The Morgan fingerprint density at radius 1 is 0.185 bits per heavy atom. The maximum absolute atomic E-state index is 2.45. The highest BCUT2D eigenvalue weighted by Gasteiger charge is 2.23. The summed E-state index contributed by atoms with van der Waals surface area (Å²) in [5, 5.41) is 7.58. The van der Waals surface area contributed by atoms with Gasteiger partial charge in [0, 0.05) is 0 Å². The summed E-state index contributed by atoms with van der Waals surface area (Å²) < 4.78 is 0. The lowest BCUT2D eigenvalue weighted by molar-refractivity contribution is 1.52. The fourth-order valence-corrected chi connectivity index (χ4v) is 9.06. The van der Waals surface area contributed by atoms with Crippen molar-refractivity contribution in [1.29, 1.82) is 0 Å². The minimum atomic E-state index is 1.22. The number of hydrogen-bond acceptors (Lipinski definition) is 0. The summed E-state index contributed by atoms with van der Waals surface area (Å²) in [4.78, 5) is 0. The molecule has 0 heteroatoms. The molecule has 1 aliphatic rings. The summed E-state index contributed by atoms with van der Waals surface area (Å²) in [6.45, 7) is 0. The standard InChI is InChI=1S/C54H34/c1-2-16-39-35(14-1)15-13-27-40(39)36-28-30-37(31-29-36)53-48-23-9-11-25-50(48)54(51-26-12-10-24-49(51)53)38-32-33-47-45-21-6-5-19-43(45)41-17-3-4-18-42(41)44-20-7-8-22-46(44)52(47)34-38/h1-34H. The van der Waals surface area contributed by atoms with Crippen molar-refractivity contribution in [2.75, 3.05) is 0 Å². The van der Waals surface area contributed by atoms with Gasteiger partial charge in [0.25, 0.3) is 0 Å². The molecule has 0 unspecified atom stereocenters. The summed E-state index contributed by atoms with van der Waals surface area (Å²) >= 11 is 0. The molecule has 0 nitrogen and oxygen atoms in total. The van der Waals surface area contributed by atoms with E-state index in [9.17, 15) is 0 Å². The van der Waals surface area contributed by atoms with Crippen LogP contribution in [0.15, 0.2) is 206 Å². The molecule has 10 aromatic rings. The average molecular weight is 683 g/mol. The first-order valence-corrected chi connectivity index (χ1v) is 18.8. The number of benzene rings is 10. The van der Waals surface area contributed by atoms with Crippen molar-refractivity contribution in [3.05, 3.63) is 206 Å². The second kappa shape index (κ2) is 12.3. The zero-order valence-corrected chi connectivity index (χ0v) is 29.6. The van der Waals surface area contributed by atoms with Gasteiger partial charge in [-0.05, 0) is 116 Å². The average Bonchev–Trinajstić information content (AvgIpc) is 3.25. The van der Waals surface area contributed by atoms with Crippen molar-refractivity contribution in [2.24, 2.45) is 0 Å². The Balaban J connectivity index is 1.14. The quantitative estimate of drug-likeness (QED) is 0.163. The van der Waals surface area contributed by atoms with Gasteiger partial charge in [-0.2, -0.15) is 0 Å². The molecule has 0 spiro atoms. The molecular formula is C54H34. The number of hydrogen-bond donors (Lipinski definition) is 0. The molecule has 54 heavy (non-hydrogen) atoms. The first kappa shape index (κ1) is 30.6. The van der Waals surface area contributed by atoms with Crippen LogP contribution in [0.5, 0.6) is 0 Å². The third-order valence-electron chi connectivity index (χ3n) is 11.5. The van der Waals surface area contributed by atoms with Crippen LogP contribution in [0.25, 0.3) is 110 Å². The monoisotopic (exact) mass is 682 g/mol. The van der Waals surface area contributed by atoms with Gasteiger partial charge >= 0.3 is 0 Å². The van der Waals surface area contributed by atoms with Crippen LogP contribution in [0.3, 0.4) is 0 Å². The Labute approximate surface area is 315 Å². The summed E-state index contributed by atoms with van der Waals surface area (Å²) in [5.74, 6) is 0. The third-order valence-corrected chi connectivity index (χ3v) is 11.5. The second-order valence-electron chi connectivity index (χ2n) is 14.3. The first-order chi connectivity index (χ1) is 26.8. The van der Waals surface area contributed by atoms with Crippen LogP contribution in [-0.2, 0) is 0 Å². The molecule has 0 bridgehead atoms. The zero-order valence-electron chi connectivity index (χ0n) is 29.6. The molecule has 0 saturated carbocycles. The van der Waals surface area contributed by atoms with E-state index in [4.69, 9.17) is 0 Å². The third kappa shape index (κ3) is 4.71. The molecule has 0 heterocycles. The fourth-order valence-electron chi connectivity index (χ4n) is 9.06. The Bertz CT molecular complexity index is 3020. The van der Waals surface area contributed by atoms with Gasteiger partial charge in [0.1, 0.15) is 0 Å². The van der Waals surface area contributed by atoms with E-state index >= 15 is 0 Å². The lowest BCUT2D eigenvalue weighted by Crippen LogP contribution is -1.97. The zero-order chi connectivity index (χ0) is 35.6. The molecule has 0 N–H and O–H groups in total. The normalized spacial score (nSPS) is 11.7. The SMILES string of the molecule is c1ccc2c(c1)-c1ccccc1-c1ccc(-c3c4ccccc4c(-c4ccc(-c5cccc6ccccc56)cc4)c4ccccc34)cc1-c1ccccc1-2. The smallest absolute Gasteiger partial charge is 0.00261 e. The molecule has 0 saturated heterocycles. The van der Waals surface area contributed by atoms with Crippen LogP contribution >= 0.6 is 0 Å². The van der Waals surface area contributed by atoms with Crippen LogP contribution in [0.2, 0.25) is 0 Å². The summed E-state index contributed by atoms with van der Waals surface area (Å²) in [6.07, 6.45) is 0. The molecule has 0 fully saturated rings. The van der Waals surface area contributed by atoms with Gasteiger partial charge in [0.15, 0.2) is 0 Å². The predicted molar refractivity (Wildman–Crippen MR) is 231 cm³/mol. The Morgan fingerprint density at radius 3 is 1.04 bits per heavy atom. The van der Waals surface area contributed by atoms with Gasteiger partial charge < -0.3 is 0 Å². The fraction of sp³-hybridized carbons (Fsp3) is 0. The van der Waals surface area contributed by atoms with E-state index in [1.165, 1.54) is 110 Å². The topological polar surface area (TPSA) is 0 Å². The van der Waals surface area contributed by atoms with E-state index in [0.717, 1.165) is 0 Å². The minimum Gasteiger partial charge on any atom is -0.0616 e. The molecule has 0 amide bonds. The highest BCUT2D eigenvalue weighted by Crippen LogP contribution is 2.50. The van der Waals surface area contributed by atoms with Crippen LogP contribution in [0.1, 0.15) is 0 Å². The molecule has 0 atom stereocenters. The highest BCUT2D eigenvalue weighted by atomic mass is 14.3. The maximum Gasteiger partial charge on any atom is -0.00261 e. The van der Waals surface area contributed by atoms with Crippen molar-refractivity contribution in [1.82, 2.24) is 0 Å². The van der Waals surface area contributed by atoms with Crippen molar-refractivity contribution in [2.45, 2.75) is 0 Å².